The Hall–Kier alpha value is -1.17. The van der Waals surface area contributed by atoms with E-state index in [0.717, 1.165) is 19.5 Å². The first-order chi connectivity index (χ1) is 9.19. The molecule has 1 aromatic carbocycles. The number of hydrogen-bond acceptors (Lipinski definition) is 4. The minimum Gasteiger partial charge on any atom is -0.505 e. The maximum absolute atomic E-state index is 13.3. The summed E-state index contributed by atoms with van der Waals surface area (Å²) >= 11 is 0. The van der Waals surface area contributed by atoms with Crippen LogP contribution in [0.15, 0.2) is 18.2 Å². The molecule has 4 nitrogen and oxygen atoms in total. The fourth-order valence-electron chi connectivity index (χ4n) is 1.85. The topological polar surface area (TPSA) is 41.9 Å². The molecule has 1 aromatic rings. The van der Waals surface area contributed by atoms with Gasteiger partial charge in [-0.05, 0) is 12.5 Å². The first kappa shape index (κ1) is 15.9. The number of benzene rings is 1. The van der Waals surface area contributed by atoms with E-state index in [9.17, 15) is 9.50 Å². The van der Waals surface area contributed by atoms with Gasteiger partial charge in [-0.15, -0.1) is 0 Å². The van der Waals surface area contributed by atoms with Crippen LogP contribution < -0.4 is 0 Å². The van der Waals surface area contributed by atoms with Crippen LogP contribution in [0.4, 0.5) is 4.39 Å². The normalized spacial score (nSPS) is 11.2. The molecule has 0 saturated carbocycles. The van der Waals surface area contributed by atoms with Crippen molar-refractivity contribution in [3.8, 4) is 5.75 Å². The maximum Gasteiger partial charge on any atom is 0.165 e. The third-order valence-electron chi connectivity index (χ3n) is 2.90. The smallest absolute Gasteiger partial charge is 0.165 e. The van der Waals surface area contributed by atoms with Crippen LogP contribution in [0.25, 0.3) is 0 Å². The van der Waals surface area contributed by atoms with Crippen molar-refractivity contribution in [2.45, 2.75) is 13.0 Å². The molecule has 1 rings (SSSR count). The van der Waals surface area contributed by atoms with Crippen molar-refractivity contribution in [3.63, 3.8) is 0 Å². The van der Waals surface area contributed by atoms with Gasteiger partial charge in [0.1, 0.15) is 0 Å². The molecule has 19 heavy (non-hydrogen) atoms. The summed E-state index contributed by atoms with van der Waals surface area (Å²) in [6.45, 7) is 3.32. The lowest BCUT2D eigenvalue weighted by Gasteiger charge is -2.22. The van der Waals surface area contributed by atoms with E-state index >= 15 is 0 Å². The van der Waals surface area contributed by atoms with E-state index in [-0.39, 0.29) is 5.75 Å². The number of nitrogens with zero attached hydrogens (tertiary/aromatic N) is 1. The summed E-state index contributed by atoms with van der Waals surface area (Å²) in [5.41, 5.74) is 0.591. The Morgan fingerprint density at radius 3 is 2.58 bits per heavy atom. The highest BCUT2D eigenvalue weighted by atomic mass is 19.1. The fourth-order valence-corrected chi connectivity index (χ4v) is 1.85. The van der Waals surface area contributed by atoms with Gasteiger partial charge >= 0.3 is 0 Å². The second kappa shape index (κ2) is 8.85. The van der Waals surface area contributed by atoms with Gasteiger partial charge in [-0.25, -0.2) is 4.39 Å². The van der Waals surface area contributed by atoms with Crippen LogP contribution in [-0.2, 0) is 16.0 Å². The third-order valence-corrected chi connectivity index (χ3v) is 2.90. The Bertz CT molecular complexity index is 374. The Kier molecular flexibility index (Phi) is 7.40. The van der Waals surface area contributed by atoms with Gasteiger partial charge in [-0.1, -0.05) is 12.1 Å². The summed E-state index contributed by atoms with van der Waals surface area (Å²) in [5, 5.41) is 9.69. The Morgan fingerprint density at radius 2 is 1.89 bits per heavy atom. The molecule has 0 bridgehead atoms. The molecule has 1 N–H and O–H groups in total. The van der Waals surface area contributed by atoms with E-state index in [0.29, 0.717) is 25.3 Å². The molecule has 0 aliphatic carbocycles. The Balaban J connectivity index is 2.61. The molecule has 0 fully saturated rings. The van der Waals surface area contributed by atoms with Crippen molar-refractivity contribution in [2.75, 3.05) is 40.5 Å². The quantitative estimate of drug-likeness (QED) is 0.698. The number of phenols is 1. The lowest BCUT2D eigenvalue weighted by molar-refractivity contribution is 0.128. The first-order valence-corrected chi connectivity index (χ1v) is 6.35. The number of methoxy groups -OCH3 is 2. The molecule has 0 saturated heterocycles. The Labute approximate surface area is 113 Å². The number of phenolic OH excluding ortho intramolecular Hbond substituents is 1. The van der Waals surface area contributed by atoms with Crippen molar-refractivity contribution in [1.82, 2.24) is 4.90 Å². The number of rotatable bonds is 9. The highest BCUT2D eigenvalue weighted by molar-refractivity contribution is 5.33. The van der Waals surface area contributed by atoms with Crippen LogP contribution in [0.2, 0.25) is 0 Å². The molecule has 0 spiro atoms. The molecule has 0 heterocycles. The predicted octanol–water partition coefficient (Wildman–Crippen LogP) is 2.02. The van der Waals surface area contributed by atoms with E-state index in [1.54, 1.807) is 26.4 Å². The maximum atomic E-state index is 13.3. The minimum atomic E-state index is -0.582. The molecule has 0 unspecified atom stereocenters. The van der Waals surface area contributed by atoms with Crippen LogP contribution in [0, 0.1) is 5.82 Å². The van der Waals surface area contributed by atoms with E-state index in [4.69, 9.17) is 9.47 Å². The van der Waals surface area contributed by atoms with Gasteiger partial charge in [0.2, 0.25) is 0 Å². The van der Waals surface area contributed by atoms with Crippen molar-refractivity contribution < 1.29 is 19.0 Å². The molecule has 5 heteroatoms. The summed E-state index contributed by atoms with van der Waals surface area (Å²) in [7, 11) is 3.31. The van der Waals surface area contributed by atoms with E-state index in [1.165, 1.54) is 6.07 Å². The second-order valence-corrected chi connectivity index (χ2v) is 4.36. The number of hydrogen-bond donors (Lipinski definition) is 1. The van der Waals surface area contributed by atoms with Crippen molar-refractivity contribution in [3.05, 3.63) is 29.6 Å². The summed E-state index contributed by atoms with van der Waals surface area (Å²) in [6.07, 6.45) is 0.885. The van der Waals surface area contributed by atoms with Crippen molar-refractivity contribution in [2.24, 2.45) is 0 Å². The monoisotopic (exact) mass is 271 g/mol. The summed E-state index contributed by atoms with van der Waals surface area (Å²) in [5.74, 6) is -0.849. The standard InChI is InChI=1S/C14H22FNO3/c1-18-9-4-7-16(8-10-19-2)11-12-5-3-6-13(15)14(12)17/h3,5-6,17H,4,7-11H2,1-2H3. The second-order valence-electron chi connectivity index (χ2n) is 4.36. The summed E-state index contributed by atoms with van der Waals surface area (Å²) < 4.78 is 23.4. The third kappa shape index (κ3) is 5.55. The summed E-state index contributed by atoms with van der Waals surface area (Å²) in [6, 6.07) is 4.59. The van der Waals surface area contributed by atoms with Gasteiger partial charge in [-0.3, -0.25) is 4.90 Å². The fraction of sp³-hybridized carbons (Fsp3) is 0.571. The molecule has 0 amide bonds. The molecular formula is C14H22FNO3. The largest absolute Gasteiger partial charge is 0.505 e. The van der Waals surface area contributed by atoms with Crippen LogP contribution in [-0.4, -0.2) is 50.5 Å². The number of aromatic hydroxyl groups is 1. The van der Waals surface area contributed by atoms with Gasteiger partial charge < -0.3 is 14.6 Å². The number of ether oxygens (including phenoxy) is 2. The van der Waals surface area contributed by atoms with E-state index in [2.05, 4.69) is 4.90 Å². The van der Waals surface area contributed by atoms with E-state index < -0.39 is 5.82 Å². The highest BCUT2D eigenvalue weighted by Crippen LogP contribution is 2.22. The predicted molar refractivity (Wildman–Crippen MR) is 71.7 cm³/mol. The van der Waals surface area contributed by atoms with Gasteiger partial charge in [0.15, 0.2) is 11.6 Å². The molecular weight excluding hydrogens is 249 g/mol. The summed E-state index contributed by atoms with van der Waals surface area (Å²) in [4.78, 5) is 2.11. The zero-order chi connectivity index (χ0) is 14.1. The molecule has 0 radical (unpaired) electrons. The molecule has 0 aromatic heterocycles. The highest BCUT2D eigenvalue weighted by Gasteiger charge is 2.11. The lowest BCUT2D eigenvalue weighted by atomic mass is 10.1. The van der Waals surface area contributed by atoms with E-state index in [1.807, 2.05) is 0 Å². The van der Waals surface area contributed by atoms with Crippen molar-refractivity contribution in [1.29, 1.82) is 0 Å². The molecule has 0 atom stereocenters. The number of para-hydroxylation sites is 1. The van der Waals surface area contributed by atoms with Crippen LogP contribution >= 0.6 is 0 Å². The number of halogens is 1. The van der Waals surface area contributed by atoms with Crippen LogP contribution in [0.1, 0.15) is 12.0 Å². The van der Waals surface area contributed by atoms with Gasteiger partial charge in [0.25, 0.3) is 0 Å². The van der Waals surface area contributed by atoms with Gasteiger partial charge in [0, 0.05) is 46.0 Å². The average molecular weight is 271 g/mol. The average Bonchev–Trinajstić information content (AvgIpc) is 2.41. The van der Waals surface area contributed by atoms with Gasteiger partial charge in [-0.2, -0.15) is 0 Å². The SMILES string of the molecule is COCCCN(CCOC)Cc1cccc(F)c1O. The Morgan fingerprint density at radius 1 is 1.16 bits per heavy atom. The zero-order valence-electron chi connectivity index (χ0n) is 11.6. The lowest BCUT2D eigenvalue weighted by Crippen LogP contribution is -2.28. The minimum absolute atomic E-state index is 0.267. The zero-order valence-corrected chi connectivity index (χ0v) is 11.6. The van der Waals surface area contributed by atoms with Gasteiger partial charge in [0.05, 0.1) is 6.61 Å². The first-order valence-electron chi connectivity index (χ1n) is 6.35. The van der Waals surface area contributed by atoms with Crippen molar-refractivity contribution >= 4 is 0 Å². The molecule has 0 aliphatic rings. The van der Waals surface area contributed by atoms with Crippen LogP contribution in [0.5, 0.6) is 5.75 Å². The molecule has 0 aliphatic heterocycles. The molecule has 108 valence electrons. The van der Waals surface area contributed by atoms with Crippen LogP contribution in [0.3, 0.4) is 0 Å².